The van der Waals surface area contributed by atoms with Gasteiger partial charge in [0.05, 0.1) is 42.5 Å². The normalized spacial score (nSPS) is 53.1. The third kappa shape index (κ3) is 2.81. The molecule has 3 fully saturated rings. The number of aliphatic hydroxyl groups excluding tert-OH is 5. The molecule has 0 bridgehead atoms. The maximum Gasteiger partial charge on any atom is 0.172 e. The first-order chi connectivity index (χ1) is 10.4. The van der Waals surface area contributed by atoms with Crippen LogP contribution in [0.1, 0.15) is 32.1 Å². The van der Waals surface area contributed by atoms with E-state index in [0.29, 0.717) is 12.8 Å². The molecule has 2 aliphatic carbocycles. The molecule has 3 aliphatic rings. The van der Waals surface area contributed by atoms with Crippen molar-refractivity contribution >= 4 is 5.78 Å². The molecule has 7 nitrogen and oxygen atoms in total. The molecular weight excluding hydrogens is 292 g/mol. The summed E-state index contributed by atoms with van der Waals surface area (Å²) in [7, 11) is 0. The van der Waals surface area contributed by atoms with Gasteiger partial charge in [-0.2, -0.15) is 0 Å². The molecule has 0 aromatic heterocycles. The Morgan fingerprint density at radius 3 is 2.27 bits per heavy atom. The maximum atomic E-state index is 12.4. The van der Waals surface area contributed by atoms with Crippen molar-refractivity contribution < 1.29 is 35.1 Å². The summed E-state index contributed by atoms with van der Waals surface area (Å²) in [6.45, 7) is 0. The van der Waals surface area contributed by atoms with Crippen molar-refractivity contribution in [3.05, 3.63) is 0 Å². The zero-order valence-corrected chi connectivity index (χ0v) is 12.3. The number of ether oxygens (including phenoxy) is 1. The first kappa shape index (κ1) is 16.3. The lowest BCUT2D eigenvalue weighted by atomic mass is 9.72. The number of hydrogen-bond acceptors (Lipinski definition) is 7. The molecular formula is C15H24O7. The number of Topliss-reactive ketones (excluding diaryl/α,β-unsaturated/α-hetero) is 1. The molecule has 126 valence electrons. The molecule has 9 unspecified atom stereocenters. The summed E-state index contributed by atoms with van der Waals surface area (Å²) in [5.74, 6) is -1.47. The topological polar surface area (TPSA) is 127 Å². The fourth-order valence-corrected chi connectivity index (χ4v) is 4.16. The Hall–Kier alpha value is -0.570. The van der Waals surface area contributed by atoms with Gasteiger partial charge in [-0.1, -0.05) is 0 Å². The van der Waals surface area contributed by atoms with Gasteiger partial charge < -0.3 is 30.3 Å². The second-order valence-corrected chi connectivity index (χ2v) is 6.91. The molecule has 3 rings (SSSR count). The number of hydrogen-bond donors (Lipinski definition) is 5. The second kappa shape index (κ2) is 6.14. The molecule has 22 heavy (non-hydrogen) atoms. The molecule has 1 aliphatic heterocycles. The molecule has 0 aromatic rings. The fourth-order valence-electron chi connectivity index (χ4n) is 4.16. The van der Waals surface area contributed by atoms with Gasteiger partial charge in [-0.15, -0.1) is 0 Å². The number of ketones is 1. The molecule has 0 radical (unpaired) electrons. The van der Waals surface area contributed by atoms with Gasteiger partial charge in [-0.05, 0) is 25.2 Å². The molecule has 1 heterocycles. The van der Waals surface area contributed by atoms with E-state index in [1.165, 1.54) is 0 Å². The summed E-state index contributed by atoms with van der Waals surface area (Å²) in [6.07, 6.45) is -4.51. The molecule has 0 spiro atoms. The van der Waals surface area contributed by atoms with Crippen molar-refractivity contribution in [3.63, 3.8) is 0 Å². The Bertz CT molecular complexity index is 428. The molecule has 0 aromatic carbocycles. The van der Waals surface area contributed by atoms with Gasteiger partial charge in [-0.3, -0.25) is 4.79 Å². The summed E-state index contributed by atoms with van der Waals surface area (Å²) >= 11 is 0. The highest BCUT2D eigenvalue weighted by Crippen LogP contribution is 2.39. The van der Waals surface area contributed by atoms with E-state index in [0.717, 1.165) is 0 Å². The second-order valence-electron chi connectivity index (χ2n) is 6.91. The van der Waals surface area contributed by atoms with E-state index in [4.69, 9.17) is 4.74 Å². The zero-order chi connectivity index (χ0) is 16.0. The molecule has 2 saturated carbocycles. The summed E-state index contributed by atoms with van der Waals surface area (Å²) < 4.78 is 5.85. The lowest BCUT2D eigenvalue weighted by Crippen LogP contribution is -2.60. The van der Waals surface area contributed by atoms with Gasteiger partial charge in [0, 0.05) is 12.8 Å². The minimum atomic E-state index is -1.33. The smallest absolute Gasteiger partial charge is 0.172 e. The Balaban J connectivity index is 1.75. The van der Waals surface area contributed by atoms with Crippen LogP contribution in [-0.4, -0.2) is 74.0 Å². The predicted molar refractivity (Wildman–Crippen MR) is 73.8 cm³/mol. The van der Waals surface area contributed by atoms with Crippen molar-refractivity contribution in [2.75, 3.05) is 0 Å². The number of carbonyl (C=O) groups excluding carboxylic acids is 1. The van der Waals surface area contributed by atoms with Crippen molar-refractivity contribution in [2.24, 2.45) is 11.8 Å². The van der Waals surface area contributed by atoms with Crippen molar-refractivity contribution in [1.82, 2.24) is 0 Å². The van der Waals surface area contributed by atoms with Crippen LogP contribution in [0.4, 0.5) is 0 Å². The van der Waals surface area contributed by atoms with Crippen molar-refractivity contribution in [2.45, 2.75) is 74.8 Å². The summed E-state index contributed by atoms with van der Waals surface area (Å²) in [5.41, 5.74) is 0. The van der Waals surface area contributed by atoms with Crippen LogP contribution in [-0.2, 0) is 9.53 Å². The molecule has 9 atom stereocenters. The van der Waals surface area contributed by atoms with E-state index in [1.807, 2.05) is 0 Å². The largest absolute Gasteiger partial charge is 0.393 e. The van der Waals surface area contributed by atoms with E-state index in [2.05, 4.69) is 0 Å². The van der Waals surface area contributed by atoms with Crippen LogP contribution in [0.3, 0.4) is 0 Å². The van der Waals surface area contributed by atoms with Crippen molar-refractivity contribution in [1.29, 1.82) is 0 Å². The van der Waals surface area contributed by atoms with Crippen LogP contribution in [0, 0.1) is 11.8 Å². The lowest BCUT2D eigenvalue weighted by Gasteiger charge is -2.47. The van der Waals surface area contributed by atoms with E-state index in [9.17, 15) is 30.3 Å². The minimum absolute atomic E-state index is 0.113. The summed E-state index contributed by atoms with van der Waals surface area (Å²) in [5, 5.41) is 49.4. The molecule has 0 amide bonds. The standard InChI is InChI=1S/C15H24O7/c16-7-4-10(19)12-11(5-7)22-15(14(21)13(12)20)6-1-2-8(17)9(18)3-6/h6-12,14-19,21H,1-5H2. The van der Waals surface area contributed by atoms with Crippen LogP contribution in [0.5, 0.6) is 0 Å². The summed E-state index contributed by atoms with van der Waals surface area (Å²) in [6, 6.07) is 0. The molecule has 7 heteroatoms. The van der Waals surface area contributed by atoms with Gasteiger partial charge in [-0.25, -0.2) is 0 Å². The first-order valence-electron chi connectivity index (χ1n) is 7.98. The number of carbonyl (C=O) groups is 1. The van der Waals surface area contributed by atoms with Crippen molar-refractivity contribution in [3.8, 4) is 0 Å². The maximum absolute atomic E-state index is 12.4. The number of rotatable bonds is 1. The SMILES string of the molecule is O=C1C(O)C(C2CCC(O)C(O)C2)OC2CC(O)CC(O)C12. The molecule has 1 saturated heterocycles. The number of aliphatic hydroxyl groups is 5. The third-order valence-electron chi connectivity index (χ3n) is 5.38. The Kier molecular flexibility index (Phi) is 4.55. The Morgan fingerprint density at radius 1 is 0.864 bits per heavy atom. The highest BCUT2D eigenvalue weighted by atomic mass is 16.5. The average molecular weight is 316 g/mol. The number of fused-ring (bicyclic) bond motifs is 1. The minimum Gasteiger partial charge on any atom is -0.393 e. The average Bonchev–Trinajstić information content (AvgIpc) is 2.45. The van der Waals surface area contributed by atoms with E-state index < -0.39 is 54.4 Å². The quantitative estimate of drug-likeness (QED) is 0.392. The lowest BCUT2D eigenvalue weighted by molar-refractivity contribution is -0.210. The van der Waals surface area contributed by atoms with E-state index in [1.54, 1.807) is 0 Å². The van der Waals surface area contributed by atoms with Gasteiger partial charge in [0.2, 0.25) is 0 Å². The van der Waals surface area contributed by atoms with E-state index >= 15 is 0 Å². The highest BCUT2D eigenvalue weighted by molar-refractivity contribution is 5.87. The van der Waals surface area contributed by atoms with Gasteiger partial charge >= 0.3 is 0 Å². The zero-order valence-electron chi connectivity index (χ0n) is 12.3. The predicted octanol–water partition coefficient (Wildman–Crippen LogP) is -1.66. The van der Waals surface area contributed by atoms with Gasteiger partial charge in [0.25, 0.3) is 0 Å². The van der Waals surface area contributed by atoms with E-state index in [-0.39, 0.29) is 25.2 Å². The summed E-state index contributed by atoms with van der Waals surface area (Å²) in [4.78, 5) is 12.4. The third-order valence-corrected chi connectivity index (χ3v) is 5.38. The Labute approximate surface area is 128 Å². The highest BCUT2D eigenvalue weighted by Gasteiger charge is 2.52. The molecule has 5 N–H and O–H groups in total. The first-order valence-corrected chi connectivity index (χ1v) is 7.98. The van der Waals surface area contributed by atoms with Crippen LogP contribution in [0.15, 0.2) is 0 Å². The monoisotopic (exact) mass is 316 g/mol. The Morgan fingerprint density at radius 2 is 1.59 bits per heavy atom. The van der Waals surface area contributed by atoms with Crippen LogP contribution in [0.2, 0.25) is 0 Å². The van der Waals surface area contributed by atoms with Crippen LogP contribution < -0.4 is 0 Å². The van der Waals surface area contributed by atoms with Gasteiger partial charge in [0.1, 0.15) is 6.10 Å². The van der Waals surface area contributed by atoms with Crippen LogP contribution >= 0.6 is 0 Å². The van der Waals surface area contributed by atoms with Gasteiger partial charge in [0.15, 0.2) is 5.78 Å². The fraction of sp³-hybridized carbons (Fsp3) is 0.933. The van der Waals surface area contributed by atoms with Crippen LogP contribution in [0.25, 0.3) is 0 Å².